The summed E-state index contributed by atoms with van der Waals surface area (Å²) in [5, 5.41) is 2.76. The van der Waals surface area contributed by atoms with E-state index in [2.05, 4.69) is 42.5 Å². The highest BCUT2D eigenvalue weighted by molar-refractivity contribution is 14.1. The molecule has 3 aromatic rings. The maximum absolute atomic E-state index is 12.1. The number of hydrogen-bond acceptors (Lipinski definition) is 4. The molecule has 0 saturated carbocycles. The van der Waals surface area contributed by atoms with Crippen molar-refractivity contribution in [2.24, 2.45) is 0 Å². The number of rotatable bonds is 6. The van der Waals surface area contributed by atoms with E-state index < -0.39 is 18.6 Å². The van der Waals surface area contributed by atoms with Gasteiger partial charge in [0.1, 0.15) is 12.2 Å². The Bertz CT molecular complexity index is 957. The average molecular weight is 489 g/mol. The van der Waals surface area contributed by atoms with E-state index in [9.17, 15) is 18.0 Å². The summed E-state index contributed by atoms with van der Waals surface area (Å²) in [7, 11) is 0. The summed E-state index contributed by atoms with van der Waals surface area (Å²) in [6, 6.07) is 2.03. The van der Waals surface area contributed by atoms with E-state index in [1.54, 1.807) is 18.6 Å². The smallest absolute Gasteiger partial charge is 0.347 e. The summed E-state index contributed by atoms with van der Waals surface area (Å²) >= 11 is 2.26. The van der Waals surface area contributed by atoms with Gasteiger partial charge < -0.3 is 10.3 Å². The van der Waals surface area contributed by atoms with Crippen LogP contribution in [0.3, 0.4) is 0 Å². The molecule has 0 saturated heterocycles. The summed E-state index contributed by atoms with van der Waals surface area (Å²) in [6.45, 7) is -1.33. The van der Waals surface area contributed by atoms with Crippen molar-refractivity contribution < 1.29 is 18.0 Å². The summed E-state index contributed by atoms with van der Waals surface area (Å²) < 4.78 is 37.2. The zero-order chi connectivity index (χ0) is 19.4. The summed E-state index contributed by atoms with van der Waals surface area (Å²) in [4.78, 5) is 27.6. The van der Waals surface area contributed by atoms with Crippen LogP contribution in [-0.4, -0.2) is 38.6 Å². The fraction of sp³-hybridized carbons (Fsp3) is 0.294. The summed E-state index contributed by atoms with van der Waals surface area (Å²) in [6.07, 6.45) is 2.38. The zero-order valence-corrected chi connectivity index (χ0v) is 16.1. The van der Waals surface area contributed by atoms with Crippen LogP contribution in [-0.2, 0) is 15.6 Å². The molecule has 3 heterocycles. The number of alkyl halides is 4. The van der Waals surface area contributed by atoms with E-state index in [1.807, 2.05) is 11.4 Å². The van der Waals surface area contributed by atoms with E-state index in [1.165, 1.54) is 6.20 Å². The van der Waals surface area contributed by atoms with Crippen LogP contribution in [0.15, 0.2) is 30.9 Å². The Morgan fingerprint density at radius 3 is 2.81 bits per heavy atom. The number of aromatic amines is 1. The highest BCUT2D eigenvalue weighted by atomic mass is 127. The van der Waals surface area contributed by atoms with E-state index in [4.69, 9.17) is 0 Å². The number of halogens is 4. The Morgan fingerprint density at radius 1 is 1.26 bits per heavy atom. The molecule has 27 heavy (non-hydrogen) atoms. The highest BCUT2D eigenvalue weighted by Crippen LogP contribution is 2.27. The third kappa shape index (κ3) is 5.15. The van der Waals surface area contributed by atoms with Crippen molar-refractivity contribution in [2.75, 3.05) is 6.54 Å². The van der Waals surface area contributed by atoms with E-state index in [0.29, 0.717) is 11.4 Å². The first-order valence-electron chi connectivity index (χ1n) is 8.02. The van der Waals surface area contributed by atoms with Crippen molar-refractivity contribution in [1.82, 2.24) is 25.3 Å². The molecule has 3 rings (SSSR count). The van der Waals surface area contributed by atoms with Gasteiger partial charge in [0, 0.05) is 40.4 Å². The molecular formula is C17H15F3IN5O. The lowest BCUT2D eigenvalue weighted by molar-refractivity contribution is -0.138. The van der Waals surface area contributed by atoms with Gasteiger partial charge in [-0.2, -0.15) is 13.2 Å². The number of H-pyrrole nitrogens is 1. The van der Waals surface area contributed by atoms with Crippen LogP contribution in [0.5, 0.6) is 0 Å². The number of nitrogens with zero attached hydrogens (tertiary/aromatic N) is 3. The third-order valence-electron chi connectivity index (χ3n) is 3.80. The minimum absolute atomic E-state index is 0.0946. The number of pyridine rings is 1. The maximum Gasteiger partial charge on any atom is 0.405 e. The number of nitrogens with one attached hydrogen (secondary N) is 2. The molecule has 0 aliphatic rings. The molecule has 0 unspecified atom stereocenters. The fourth-order valence-corrected chi connectivity index (χ4v) is 2.93. The molecule has 3 aromatic heterocycles. The van der Waals surface area contributed by atoms with Gasteiger partial charge in [-0.3, -0.25) is 9.78 Å². The van der Waals surface area contributed by atoms with Crippen molar-refractivity contribution in [2.45, 2.75) is 23.4 Å². The second-order valence-electron chi connectivity index (χ2n) is 5.86. The van der Waals surface area contributed by atoms with E-state index in [0.717, 1.165) is 26.6 Å². The van der Waals surface area contributed by atoms with Gasteiger partial charge in [-0.25, -0.2) is 9.97 Å². The summed E-state index contributed by atoms with van der Waals surface area (Å²) in [5.41, 5.74) is 3.79. The molecule has 0 bridgehead atoms. The molecule has 1 amide bonds. The van der Waals surface area contributed by atoms with Gasteiger partial charge in [0.25, 0.3) is 0 Å². The summed E-state index contributed by atoms with van der Waals surface area (Å²) in [5.74, 6) is -0.678. The topological polar surface area (TPSA) is 83.6 Å². The molecule has 0 spiro atoms. The Morgan fingerprint density at radius 2 is 2.07 bits per heavy atom. The first-order chi connectivity index (χ1) is 12.9. The molecule has 2 N–H and O–H groups in total. The molecule has 0 atom stereocenters. The van der Waals surface area contributed by atoms with Crippen molar-refractivity contribution in [3.05, 3.63) is 42.1 Å². The second-order valence-corrected chi connectivity index (χ2v) is 6.63. The van der Waals surface area contributed by atoms with Gasteiger partial charge in [-0.15, -0.1) is 0 Å². The number of aryl methyl sites for hydroxylation is 1. The van der Waals surface area contributed by atoms with Crippen LogP contribution >= 0.6 is 22.6 Å². The van der Waals surface area contributed by atoms with Crippen LogP contribution in [0.1, 0.15) is 17.7 Å². The van der Waals surface area contributed by atoms with Crippen LogP contribution in [0, 0.1) is 0 Å². The lowest BCUT2D eigenvalue weighted by atomic mass is 10.1. The fourth-order valence-electron chi connectivity index (χ4n) is 2.52. The van der Waals surface area contributed by atoms with E-state index in [-0.39, 0.29) is 12.8 Å². The van der Waals surface area contributed by atoms with Gasteiger partial charge in [0.2, 0.25) is 5.91 Å². The number of amides is 1. The Labute approximate surface area is 166 Å². The zero-order valence-electron chi connectivity index (χ0n) is 14.0. The van der Waals surface area contributed by atoms with Gasteiger partial charge in [0.05, 0.1) is 17.6 Å². The lowest BCUT2D eigenvalue weighted by Crippen LogP contribution is -2.33. The standard InChI is InChI=1S/C17H15F3IN5O/c18-17(19,20)9-25-15(27)2-1-11-6-22-8-14(26-11)13-7-24-16-12(13)3-10(4-21)5-23-16/h3,5-8H,1-2,4,9H2,(H,23,24)(H,25,27). The molecule has 0 fully saturated rings. The first kappa shape index (κ1) is 19.5. The number of carbonyl (C=O) groups excluding carboxylic acids is 1. The predicted octanol–water partition coefficient (Wildman–Crippen LogP) is 3.57. The monoisotopic (exact) mass is 489 g/mol. The average Bonchev–Trinajstić information content (AvgIpc) is 3.07. The van der Waals surface area contributed by atoms with Crippen molar-refractivity contribution in [3.63, 3.8) is 0 Å². The second kappa shape index (κ2) is 8.19. The van der Waals surface area contributed by atoms with Crippen LogP contribution in [0.25, 0.3) is 22.3 Å². The Kier molecular flexibility index (Phi) is 5.92. The quantitative estimate of drug-likeness (QED) is 0.410. The number of hydrogen-bond donors (Lipinski definition) is 2. The molecule has 0 radical (unpaired) electrons. The Balaban J connectivity index is 1.73. The first-order valence-corrected chi connectivity index (χ1v) is 9.55. The van der Waals surface area contributed by atoms with E-state index >= 15 is 0 Å². The SMILES string of the molecule is O=C(CCc1cncc(-c2c[nH]c3ncc(CI)cc23)n1)NCC(F)(F)F. The van der Waals surface area contributed by atoms with Crippen molar-refractivity contribution in [1.29, 1.82) is 0 Å². The van der Waals surface area contributed by atoms with Crippen LogP contribution < -0.4 is 5.32 Å². The number of carbonyl (C=O) groups is 1. The minimum Gasteiger partial charge on any atom is -0.347 e. The molecule has 0 aliphatic heterocycles. The number of aromatic nitrogens is 4. The molecule has 0 aliphatic carbocycles. The van der Waals surface area contributed by atoms with Gasteiger partial charge in [-0.05, 0) is 18.1 Å². The van der Waals surface area contributed by atoms with Gasteiger partial charge in [-0.1, -0.05) is 22.6 Å². The Hall–Kier alpha value is -2.24. The van der Waals surface area contributed by atoms with Crippen molar-refractivity contribution in [3.8, 4) is 11.3 Å². The van der Waals surface area contributed by atoms with Gasteiger partial charge >= 0.3 is 6.18 Å². The lowest BCUT2D eigenvalue weighted by Gasteiger charge is -2.08. The number of fused-ring (bicyclic) bond motifs is 1. The predicted molar refractivity (Wildman–Crippen MR) is 102 cm³/mol. The van der Waals surface area contributed by atoms with Crippen LogP contribution in [0.2, 0.25) is 0 Å². The molecular weight excluding hydrogens is 474 g/mol. The maximum atomic E-state index is 12.1. The molecule has 10 heteroatoms. The highest BCUT2D eigenvalue weighted by Gasteiger charge is 2.27. The minimum atomic E-state index is -4.42. The molecule has 0 aromatic carbocycles. The van der Waals surface area contributed by atoms with Crippen LogP contribution in [0.4, 0.5) is 13.2 Å². The third-order valence-corrected chi connectivity index (χ3v) is 4.68. The molecule has 6 nitrogen and oxygen atoms in total. The van der Waals surface area contributed by atoms with Gasteiger partial charge in [0.15, 0.2) is 0 Å². The largest absolute Gasteiger partial charge is 0.405 e. The normalized spacial score (nSPS) is 11.7. The molecule has 142 valence electrons. The van der Waals surface area contributed by atoms with Crippen molar-refractivity contribution >= 4 is 39.5 Å².